The highest BCUT2D eigenvalue weighted by Gasteiger charge is 2.41. The number of halogens is 6. The van der Waals surface area contributed by atoms with Crippen molar-refractivity contribution in [2.45, 2.75) is 6.18 Å². The second-order valence-electron chi connectivity index (χ2n) is 5.15. The predicted molar refractivity (Wildman–Crippen MR) is 99.7 cm³/mol. The summed E-state index contributed by atoms with van der Waals surface area (Å²) < 4.78 is 41.4. The molecular formula is C14H7Br2ClF3N3O4. The van der Waals surface area contributed by atoms with Crippen LogP contribution >= 0.6 is 43.5 Å². The first-order chi connectivity index (χ1) is 12.3. The number of rotatable bonds is 4. The number of nitro benzene ring substituents is 2. The van der Waals surface area contributed by atoms with E-state index in [-0.39, 0.29) is 21.2 Å². The Morgan fingerprint density at radius 1 is 1.04 bits per heavy atom. The van der Waals surface area contributed by atoms with Gasteiger partial charge in [0.05, 0.1) is 32.2 Å². The maximum absolute atomic E-state index is 13.6. The number of nitro groups is 2. The van der Waals surface area contributed by atoms with Crippen molar-refractivity contribution in [2.75, 3.05) is 11.9 Å². The summed E-state index contributed by atoms with van der Waals surface area (Å²) in [4.78, 5) is 20.9. The summed E-state index contributed by atoms with van der Waals surface area (Å²) >= 11 is 12.4. The Hall–Kier alpha value is -1.92. The van der Waals surface area contributed by atoms with Crippen molar-refractivity contribution >= 4 is 66.2 Å². The zero-order chi connectivity index (χ0) is 20.7. The number of alkyl halides is 3. The number of non-ortho nitro benzene ring substituents is 1. The van der Waals surface area contributed by atoms with Crippen LogP contribution in [0.1, 0.15) is 5.56 Å². The first-order valence-electron chi connectivity index (χ1n) is 6.77. The molecule has 0 unspecified atom stereocenters. The van der Waals surface area contributed by atoms with Gasteiger partial charge in [-0.25, -0.2) is 0 Å². The normalized spacial score (nSPS) is 11.4. The van der Waals surface area contributed by atoms with Gasteiger partial charge in [-0.15, -0.1) is 0 Å². The quantitative estimate of drug-likeness (QED) is 0.332. The highest BCUT2D eigenvalue weighted by molar-refractivity contribution is 9.11. The summed E-state index contributed by atoms with van der Waals surface area (Å²) in [5.41, 5.74) is -4.51. The molecule has 0 aliphatic carbocycles. The fourth-order valence-corrected chi connectivity index (χ4v) is 4.47. The maximum atomic E-state index is 13.6. The van der Waals surface area contributed by atoms with Crippen molar-refractivity contribution < 1.29 is 23.0 Å². The minimum atomic E-state index is -5.09. The molecule has 0 saturated heterocycles. The molecule has 2 aromatic rings. The molecule has 0 radical (unpaired) electrons. The van der Waals surface area contributed by atoms with E-state index in [9.17, 15) is 33.4 Å². The van der Waals surface area contributed by atoms with Gasteiger partial charge in [-0.2, -0.15) is 13.2 Å². The Balaban J connectivity index is 2.90. The van der Waals surface area contributed by atoms with Gasteiger partial charge < -0.3 is 4.90 Å². The largest absolute Gasteiger partial charge is 0.418 e. The Labute approximate surface area is 171 Å². The van der Waals surface area contributed by atoms with Crippen molar-refractivity contribution in [2.24, 2.45) is 0 Å². The van der Waals surface area contributed by atoms with Crippen LogP contribution in [-0.2, 0) is 6.18 Å². The zero-order valence-corrected chi connectivity index (χ0v) is 17.0. The predicted octanol–water partition coefficient (Wildman–Crippen LogP) is 6.47. The van der Waals surface area contributed by atoms with E-state index in [1.54, 1.807) is 0 Å². The van der Waals surface area contributed by atoms with E-state index < -0.39 is 38.6 Å². The van der Waals surface area contributed by atoms with Gasteiger partial charge in [-0.1, -0.05) is 27.5 Å². The first-order valence-corrected chi connectivity index (χ1v) is 8.73. The van der Waals surface area contributed by atoms with Crippen LogP contribution in [0.15, 0.2) is 33.2 Å². The summed E-state index contributed by atoms with van der Waals surface area (Å²) in [7, 11) is 1.14. The minimum absolute atomic E-state index is 0.000440. The van der Waals surface area contributed by atoms with Crippen molar-refractivity contribution in [3.8, 4) is 0 Å². The highest BCUT2D eigenvalue weighted by Crippen LogP contribution is 2.48. The number of benzene rings is 2. The lowest BCUT2D eigenvalue weighted by Gasteiger charge is -2.25. The van der Waals surface area contributed by atoms with Crippen LogP contribution in [0.5, 0.6) is 0 Å². The van der Waals surface area contributed by atoms with Gasteiger partial charge in [0, 0.05) is 22.1 Å². The van der Waals surface area contributed by atoms with Crippen LogP contribution in [0.4, 0.5) is 35.9 Å². The summed E-state index contributed by atoms with van der Waals surface area (Å²) in [6.45, 7) is 0. The van der Waals surface area contributed by atoms with Crippen LogP contribution in [-0.4, -0.2) is 16.9 Å². The van der Waals surface area contributed by atoms with E-state index in [2.05, 4.69) is 31.9 Å². The van der Waals surface area contributed by atoms with Crippen LogP contribution in [0.25, 0.3) is 0 Å². The number of hydrogen-bond donors (Lipinski definition) is 0. The molecule has 0 aliphatic heterocycles. The monoisotopic (exact) mass is 531 g/mol. The topological polar surface area (TPSA) is 89.5 Å². The van der Waals surface area contributed by atoms with Crippen molar-refractivity contribution in [3.05, 3.63) is 64.0 Å². The molecule has 0 atom stereocenters. The van der Waals surface area contributed by atoms with Crippen molar-refractivity contribution in [1.82, 2.24) is 0 Å². The van der Waals surface area contributed by atoms with E-state index in [1.807, 2.05) is 0 Å². The molecule has 0 spiro atoms. The van der Waals surface area contributed by atoms with Gasteiger partial charge in [0.15, 0.2) is 0 Å². The van der Waals surface area contributed by atoms with Crippen LogP contribution in [0.3, 0.4) is 0 Å². The number of nitrogens with zero attached hydrogens (tertiary/aromatic N) is 3. The molecule has 0 saturated carbocycles. The van der Waals surface area contributed by atoms with Gasteiger partial charge in [-0.3, -0.25) is 20.2 Å². The number of anilines is 2. The molecule has 0 N–H and O–H groups in total. The Morgan fingerprint density at radius 2 is 1.63 bits per heavy atom. The molecule has 2 aromatic carbocycles. The molecule has 0 heterocycles. The second-order valence-corrected chi connectivity index (χ2v) is 7.33. The fourth-order valence-electron chi connectivity index (χ4n) is 2.38. The van der Waals surface area contributed by atoms with E-state index >= 15 is 0 Å². The van der Waals surface area contributed by atoms with Gasteiger partial charge in [0.25, 0.3) is 11.4 Å². The lowest BCUT2D eigenvalue weighted by molar-refractivity contribution is -0.394. The summed E-state index contributed by atoms with van der Waals surface area (Å²) in [6.07, 6.45) is -5.09. The molecule has 0 amide bonds. The van der Waals surface area contributed by atoms with E-state index in [1.165, 1.54) is 12.1 Å². The molecule has 13 heteroatoms. The maximum Gasteiger partial charge on any atom is 0.418 e. The zero-order valence-electron chi connectivity index (χ0n) is 13.1. The van der Waals surface area contributed by atoms with Crippen molar-refractivity contribution in [3.63, 3.8) is 0 Å². The average Bonchev–Trinajstić information content (AvgIpc) is 2.51. The first kappa shape index (κ1) is 21.4. The molecule has 0 aromatic heterocycles. The third-order valence-corrected chi connectivity index (χ3v) is 4.79. The molecule has 0 aliphatic rings. The third-order valence-electron chi connectivity index (χ3n) is 3.44. The minimum Gasteiger partial charge on any atom is -0.336 e. The summed E-state index contributed by atoms with van der Waals surface area (Å²) in [6, 6.07) is 3.60. The second kappa shape index (κ2) is 7.60. The van der Waals surface area contributed by atoms with Crippen molar-refractivity contribution in [1.29, 1.82) is 0 Å². The Kier molecular flexibility index (Phi) is 6.02. The summed E-state index contributed by atoms with van der Waals surface area (Å²) in [5.74, 6) is 0. The lowest BCUT2D eigenvalue weighted by Crippen LogP contribution is -2.19. The Morgan fingerprint density at radius 3 is 2.07 bits per heavy atom. The van der Waals surface area contributed by atoms with Crippen LogP contribution < -0.4 is 4.90 Å². The average molecular weight is 533 g/mol. The molecule has 7 nitrogen and oxygen atoms in total. The number of hydrogen-bond acceptors (Lipinski definition) is 5. The van der Waals surface area contributed by atoms with Gasteiger partial charge >= 0.3 is 6.18 Å². The standard InChI is InChI=1S/C14H7Br2ClF3N3O4/c1-21(13-9(16)2-6(15)3-10(13)17)12-8(14(18,19)20)4-7(22(24)25)5-11(12)23(26)27/h2-5H,1H3. The van der Waals surface area contributed by atoms with Crippen LogP contribution in [0.2, 0.25) is 5.02 Å². The molecule has 27 heavy (non-hydrogen) atoms. The summed E-state index contributed by atoms with van der Waals surface area (Å²) in [5, 5.41) is 22.3. The van der Waals surface area contributed by atoms with Crippen LogP contribution in [0, 0.1) is 20.2 Å². The lowest BCUT2D eigenvalue weighted by atomic mass is 10.1. The van der Waals surface area contributed by atoms with E-state index in [0.717, 1.165) is 11.9 Å². The Bertz CT molecular complexity index is 933. The van der Waals surface area contributed by atoms with E-state index in [0.29, 0.717) is 10.5 Å². The molecule has 2 rings (SSSR count). The molecular weight excluding hydrogens is 526 g/mol. The third kappa shape index (κ3) is 4.33. The fraction of sp³-hybridized carbons (Fsp3) is 0.143. The SMILES string of the molecule is CN(c1c(Cl)cc(Br)cc1Br)c1c([N+](=O)[O-])cc([N+](=O)[O-])cc1C(F)(F)F. The molecule has 144 valence electrons. The molecule has 0 bridgehead atoms. The van der Waals surface area contributed by atoms with Gasteiger partial charge in [0.1, 0.15) is 5.69 Å². The van der Waals surface area contributed by atoms with Gasteiger partial charge in [-0.05, 0) is 28.1 Å². The smallest absolute Gasteiger partial charge is 0.336 e. The van der Waals surface area contributed by atoms with E-state index in [4.69, 9.17) is 11.6 Å². The van der Waals surface area contributed by atoms with Gasteiger partial charge in [0.2, 0.25) is 0 Å². The molecule has 0 fully saturated rings. The highest BCUT2D eigenvalue weighted by atomic mass is 79.9.